The number of benzene rings is 7. The zero-order valence-corrected chi connectivity index (χ0v) is 33.0. The van der Waals surface area contributed by atoms with E-state index in [1.807, 2.05) is 66.7 Å². The minimum Gasteiger partial charge on any atom is -0.501 e. The number of hydrogen-bond acceptors (Lipinski definition) is 3. The first kappa shape index (κ1) is 34.4. The Kier molecular flexibility index (Phi) is 9.13. The fraction of sp³-hybridized carbons (Fsp3) is 0.0638. The molecule has 0 fully saturated rings. The van der Waals surface area contributed by atoms with Crippen molar-refractivity contribution in [1.82, 2.24) is 14.5 Å². The van der Waals surface area contributed by atoms with E-state index in [2.05, 4.69) is 127 Å². The first-order valence-electron chi connectivity index (χ1n) is 17.6. The summed E-state index contributed by atoms with van der Waals surface area (Å²) in [7, 11) is -1.32. The average Bonchev–Trinajstić information content (AvgIpc) is 3.77. The van der Waals surface area contributed by atoms with Crippen molar-refractivity contribution < 1.29 is 24.5 Å². The molecule has 0 spiro atoms. The Labute approximate surface area is 323 Å². The summed E-state index contributed by atoms with van der Waals surface area (Å²) in [5, 5.41) is 8.60. The van der Waals surface area contributed by atoms with Crippen molar-refractivity contribution in [3.63, 3.8) is 0 Å². The van der Waals surface area contributed by atoms with Gasteiger partial charge in [-0.3, -0.25) is 4.98 Å². The van der Waals surface area contributed by atoms with Crippen LogP contribution in [0.5, 0.6) is 0 Å². The fourth-order valence-electron chi connectivity index (χ4n) is 7.07. The van der Waals surface area contributed by atoms with Gasteiger partial charge in [0, 0.05) is 37.4 Å². The number of nitrogens with zero attached hydrogens (tertiary/aromatic N) is 3. The maximum absolute atomic E-state index is 6.24. The van der Waals surface area contributed by atoms with E-state index in [1.165, 1.54) is 26.7 Å². The standard InChI is InChI=1S/C25H15N2O.C22H20NSi.Ir/c1-2-9-17(10-3-1)27-22-15-6-5-14-21(22)26-25(27)20-13-8-12-19-18-11-4-7-16-23(18)28-24(19)20;1-24(2,3)17-12-14-22(23-15-17)21-10-6-9-19-18-8-5-4-7-16(18)11-13-20(19)21;/h1-12,14-16H;4-9,11-15H,1-3H3;/q2*-1;. The Bertz CT molecular complexity index is 2890. The summed E-state index contributed by atoms with van der Waals surface area (Å²) in [4.78, 5) is 9.70. The summed E-state index contributed by atoms with van der Waals surface area (Å²) in [6.45, 7) is 7.04. The fourth-order valence-corrected chi connectivity index (χ4v) is 8.10. The summed E-state index contributed by atoms with van der Waals surface area (Å²) in [6, 6.07) is 58.8. The van der Waals surface area contributed by atoms with Gasteiger partial charge < -0.3 is 14.0 Å². The van der Waals surface area contributed by atoms with Gasteiger partial charge >= 0.3 is 0 Å². The van der Waals surface area contributed by atoms with Crippen LogP contribution in [-0.2, 0) is 20.1 Å². The van der Waals surface area contributed by atoms with Crippen LogP contribution in [0, 0.1) is 12.1 Å². The van der Waals surface area contributed by atoms with E-state index in [4.69, 9.17) is 14.4 Å². The number of para-hydroxylation sites is 4. The van der Waals surface area contributed by atoms with Gasteiger partial charge in [0.05, 0.1) is 30.5 Å². The van der Waals surface area contributed by atoms with Gasteiger partial charge in [0.2, 0.25) is 0 Å². The molecule has 0 aliphatic carbocycles. The Balaban J connectivity index is 0.000000150. The molecule has 0 amide bonds. The summed E-state index contributed by atoms with van der Waals surface area (Å²) in [5.74, 6) is 0.831. The second-order valence-electron chi connectivity index (χ2n) is 14.1. The third kappa shape index (κ3) is 6.29. The number of fused-ring (bicyclic) bond motifs is 7. The van der Waals surface area contributed by atoms with Gasteiger partial charge in [0.1, 0.15) is 5.58 Å². The van der Waals surface area contributed by atoms with E-state index in [0.717, 1.165) is 61.3 Å². The molecule has 0 N–H and O–H groups in total. The molecule has 3 heterocycles. The van der Waals surface area contributed by atoms with Crippen LogP contribution in [0.2, 0.25) is 19.6 Å². The molecule has 0 aliphatic heterocycles. The van der Waals surface area contributed by atoms with Crippen molar-refractivity contribution in [3.05, 3.63) is 170 Å². The second kappa shape index (κ2) is 14.1. The molecule has 259 valence electrons. The smallest absolute Gasteiger partial charge is 0.120 e. The number of rotatable bonds is 4. The van der Waals surface area contributed by atoms with Crippen LogP contribution in [0.15, 0.2) is 162 Å². The van der Waals surface area contributed by atoms with Crippen molar-refractivity contribution in [2.75, 3.05) is 0 Å². The molecule has 7 aromatic carbocycles. The summed E-state index contributed by atoms with van der Waals surface area (Å²) >= 11 is 0. The monoisotopic (exact) mass is 878 g/mol. The molecule has 0 unspecified atom stereocenters. The number of aromatic nitrogens is 3. The second-order valence-corrected chi connectivity index (χ2v) is 19.1. The Morgan fingerprint density at radius 3 is 2.08 bits per heavy atom. The SMILES string of the molecule is C[Si](C)(C)c1ccc(-c2[c-]ccc3c2ccc2ccccc23)nc1.[Ir].[c-]1ccc2c(oc3ccccc32)c1-c1nc2ccccc2n1-c1ccccc1. The van der Waals surface area contributed by atoms with E-state index in [0.29, 0.717) is 0 Å². The Morgan fingerprint density at radius 1 is 0.585 bits per heavy atom. The van der Waals surface area contributed by atoms with E-state index >= 15 is 0 Å². The molecule has 10 rings (SSSR count). The summed E-state index contributed by atoms with van der Waals surface area (Å²) < 4.78 is 8.41. The molecule has 3 aromatic heterocycles. The van der Waals surface area contributed by atoms with Crippen LogP contribution in [0.4, 0.5) is 0 Å². The zero-order valence-electron chi connectivity index (χ0n) is 29.6. The van der Waals surface area contributed by atoms with Crippen LogP contribution < -0.4 is 5.19 Å². The maximum Gasteiger partial charge on any atom is 0.120 e. The molecular formula is C47H35IrN3OSi-2. The summed E-state index contributed by atoms with van der Waals surface area (Å²) in [5.41, 5.74) is 7.71. The minimum absolute atomic E-state index is 0. The molecule has 1 radical (unpaired) electrons. The largest absolute Gasteiger partial charge is 0.501 e. The zero-order chi connectivity index (χ0) is 35.2. The van der Waals surface area contributed by atoms with Crippen molar-refractivity contribution >= 4 is 67.8 Å². The van der Waals surface area contributed by atoms with Crippen LogP contribution in [0.1, 0.15) is 0 Å². The molecule has 6 heteroatoms. The van der Waals surface area contributed by atoms with Gasteiger partial charge in [-0.25, -0.2) is 0 Å². The van der Waals surface area contributed by atoms with Crippen LogP contribution in [0.3, 0.4) is 0 Å². The Morgan fingerprint density at radius 2 is 1.28 bits per heavy atom. The molecule has 4 nitrogen and oxygen atoms in total. The van der Waals surface area contributed by atoms with E-state index in [1.54, 1.807) is 0 Å². The van der Waals surface area contributed by atoms with Crippen molar-refractivity contribution in [3.8, 4) is 28.3 Å². The quantitative estimate of drug-likeness (QED) is 0.100. The number of pyridine rings is 1. The number of hydrogen-bond donors (Lipinski definition) is 0. The van der Waals surface area contributed by atoms with Gasteiger partial charge in [0.25, 0.3) is 0 Å². The van der Waals surface area contributed by atoms with E-state index in [-0.39, 0.29) is 20.1 Å². The predicted octanol–water partition coefficient (Wildman–Crippen LogP) is 11.8. The van der Waals surface area contributed by atoms with E-state index in [9.17, 15) is 0 Å². The van der Waals surface area contributed by atoms with Crippen LogP contribution >= 0.6 is 0 Å². The number of furan rings is 1. The average molecular weight is 878 g/mol. The third-order valence-electron chi connectivity index (χ3n) is 9.74. The third-order valence-corrected chi connectivity index (χ3v) is 11.8. The molecule has 0 atom stereocenters. The first-order valence-corrected chi connectivity index (χ1v) is 21.1. The van der Waals surface area contributed by atoms with Crippen molar-refractivity contribution in [2.24, 2.45) is 0 Å². The van der Waals surface area contributed by atoms with Crippen molar-refractivity contribution in [2.45, 2.75) is 19.6 Å². The van der Waals surface area contributed by atoms with Crippen molar-refractivity contribution in [1.29, 1.82) is 0 Å². The van der Waals surface area contributed by atoms with Gasteiger partial charge in [-0.2, -0.15) is 0 Å². The summed E-state index contributed by atoms with van der Waals surface area (Å²) in [6.07, 6.45) is 2.05. The van der Waals surface area contributed by atoms with Gasteiger partial charge in [-0.15, -0.1) is 42.0 Å². The molecule has 0 saturated heterocycles. The Hall–Kier alpha value is -5.65. The number of imidazole rings is 1. The molecule has 0 aliphatic rings. The molecule has 53 heavy (non-hydrogen) atoms. The van der Waals surface area contributed by atoms with Gasteiger partial charge in [-0.1, -0.05) is 138 Å². The topological polar surface area (TPSA) is 43.9 Å². The van der Waals surface area contributed by atoms with Gasteiger partial charge in [0.15, 0.2) is 0 Å². The molecular weight excluding hydrogens is 843 g/mol. The van der Waals surface area contributed by atoms with Gasteiger partial charge in [-0.05, 0) is 52.0 Å². The first-order chi connectivity index (χ1) is 25.4. The normalized spacial score (nSPS) is 11.5. The van der Waals surface area contributed by atoms with Crippen LogP contribution in [0.25, 0.3) is 82.8 Å². The molecule has 0 bridgehead atoms. The molecule has 0 saturated carbocycles. The van der Waals surface area contributed by atoms with Crippen LogP contribution in [-0.4, -0.2) is 22.6 Å². The van der Waals surface area contributed by atoms with E-state index < -0.39 is 8.07 Å². The molecule has 10 aromatic rings. The minimum atomic E-state index is -1.32. The predicted molar refractivity (Wildman–Crippen MR) is 219 cm³/mol. The maximum atomic E-state index is 6.24.